The highest BCUT2D eigenvalue weighted by atomic mass is 16.5. The number of amides is 1. The normalized spacial score (nSPS) is 18.2. The first kappa shape index (κ1) is 13.2. The zero-order chi connectivity index (χ0) is 12.0. The number of nitrogens with two attached hydrogens (primary N) is 1. The number of carbonyl (C=O) groups excluding carboxylic acids is 1. The van der Waals surface area contributed by atoms with Crippen LogP contribution in [0.15, 0.2) is 11.6 Å². The van der Waals surface area contributed by atoms with Crippen LogP contribution in [0.5, 0.6) is 0 Å². The number of ether oxygens (including phenoxy) is 1. The predicted octanol–water partition coefficient (Wildman–Crippen LogP) is 0.919. The molecule has 1 rings (SSSR count). The molecule has 2 N–H and O–H groups in total. The summed E-state index contributed by atoms with van der Waals surface area (Å²) >= 11 is 0. The van der Waals surface area contributed by atoms with Crippen LogP contribution in [0.4, 0.5) is 0 Å². The second kappa shape index (κ2) is 6.66. The average Bonchev–Trinajstić information content (AvgIpc) is 2.28. The Morgan fingerprint density at radius 2 is 2.44 bits per heavy atom. The van der Waals surface area contributed by atoms with E-state index < -0.39 is 0 Å². The largest absolute Gasteiger partial charge is 0.385 e. The Bertz CT molecular complexity index is 264. The lowest BCUT2D eigenvalue weighted by Crippen LogP contribution is -2.45. The topological polar surface area (TPSA) is 55.6 Å². The van der Waals surface area contributed by atoms with Gasteiger partial charge in [0.05, 0.1) is 6.04 Å². The summed E-state index contributed by atoms with van der Waals surface area (Å²) in [7, 11) is 1.66. The standard InChI is InChI=1S/C12H22N2O2/c1-10-5-3-7-14(9-10)12(15)11(13)6-4-8-16-2/h5,11H,3-4,6-9,13H2,1-2H3. The first-order chi connectivity index (χ1) is 7.65. The molecule has 0 fully saturated rings. The summed E-state index contributed by atoms with van der Waals surface area (Å²) in [5.74, 6) is 0.0727. The average molecular weight is 226 g/mol. The molecule has 1 amide bonds. The lowest BCUT2D eigenvalue weighted by atomic mass is 10.1. The van der Waals surface area contributed by atoms with E-state index in [9.17, 15) is 4.79 Å². The van der Waals surface area contributed by atoms with Gasteiger partial charge in [0.1, 0.15) is 0 Å². The predicted molar refractivity (Wildman–Crippen MR) is 64.0 cm³/mol. The number of hydrogen-bond donors (Lipinski definition) is 1. The van der Waals surface area contributed by atoms with E-state index in [2.05, 4.69) is 13.0 Å². The molecule has 0 aromatic rings. The van der Waals surface area contributed by atoms with Crippen molar-refractivity contribution in [2.24, 2.45) is 5.73 Å². The Balaban J connectivity index is 2.35. The fraction of sp³-hybridized carbons (Fsp3) is 0.750. The maximum Gasteiger partial charge on any atom is 0.239 e. The van der Waals surface area contributed by atoms with Gasteiger partial charge >= 0.3 is 0 Å². The second-order valence-electron chi connectivity index (χ2n) is 4.34. The van der Waals surface area contributed by atoms with E-state index in [-0.39, 0.29) is 11.9 Å². The number of nitrogens with zero attached hydrogens (tertiary/aromatic N) is 1. The molecule has 1 unspecified atom stereocenters. The van der Waals surface area contributed by atoms with Crippen molar-refractivity contribution in [3.63, 3.8) is 0 Å². The molecule has 0 aliphatic carbocycles. The maximum absolute atomic E-state index is 12.0. The Morgan fingerprint density at radius 1 is 1.69 bits per heavy atom. The van der Waals surface area contributed by atoms with E-state index in [1.807, 2.05) is 4.90 Å². The van der Waals surface area contributed by atoms with Crippen molar-refractivity contribution in [2.75, 3.05) is 26.8 Å². The SMILES string of the molecule is COCCCC(N)C(=O)N1CCC=C(C)C1. The Kier molecular flexibility index (Phi) is 5.49. The monoisotopic (exact) mass is 226 g/mol. The van der Waals surface area contributed by atoms with Crippen LogP contribution in [0, 0.1) is 0 Å². The maximum atomic E-state index is 12.0. The zero-order valence-corrected chi connectivity index (χ0v) is 10.2. The summed E-state index contributed by atoms with van der Waals surface area (Å²) in [5.41, 5.74) is 7.12. The fourth-order valence-corrected chi connectivity index (χ4v) is 1.91. The van der Waals surface area contributed by atoms with E-state index in [0.717, 1.165) is 25.9 Å². The van der Waals surface area contributed by atoms with Crippen molar-refractivity contribution in [3.8, 4) is 0 Å². The molecule has 0 saturated heterocycles. The third-order valence-corrected chi connectivity index (χ3v) is 2.82. The molecule has 0 spiro atoms. The van der Waals surface area contributed by atoms with E-state index in [0.29, 0.717) is 13.0 Å². The Hall–Kier alpha value is -0.870. The number of methoxy groups -OCH3 is 1. The van der Waals surface area contributed by atoms with Gasteiger partial charge in [-0.3, -0.25) is 4.79 Å². The minimum atomic E-state index is -0.374. The number of carbonyl (C=O) groups is 1. The summed E-state index contributed by atoms with van der Waals surface area (Å²) in [5, 5.41) is 0. The third-order valence-electron chi connectivity index (χ3n) is 2.82. The molecule has 92 valence electrons. The van der Waals surface area contributed by atoms with Crippen LogP contribution in [0.1, 0.15) is 26.2 Å². The molecule has 4 heteroatoms. The lowest BCUT2D eigenvalue weighted by Gasteiger charge is -2.28. The van der Waals surface area contributed by atoms with Gasteiger partial charge < -0.3 is 15.4 Å². The van der Waals surface area contributed by atoms with Gasteiger partial charge in [-0.15, -0.1) is 0 Å². The highest BCUT2D eigenvalue weighted by Gasteiger charge is 2.21. The van der Waals surface area contributed by atoms with Gasteiger partial charge in [0, 0.05) is 26.8 Å². The Morgan fingerprint density at radius 3 is 3.06 bits per heavy atom. The molecule has 1 heterocycles. The molecule has 0 radical (unpaired) electrons. The van der Waals surface area contributed by atoms with E-state index in [4.69, 9.17) is 10.5 Å². The molecular weight excluding hydrogens is 204 g/mol. The third kappa shape index (κ3) is 3.94. The van der Waals surface area contributed by atoms with Gasteiger partial charge in [0.15, 0.2) is 0 Å². The molecule has 1 aliphatic rings. The molecule has 1 aliphatic heterocycles. The van der Waals surface area contributed by atoms with Crippen LogP contribution in [-0.4, -0.2) is 43.7 Å². The van der Waals surface area contributed by atoms with E-state index in [1.54, 1.807) is 7.11 Å². The van der Waals surface area contributed by atoms with Crippen molar-refractivity contribution in [1.82, 2.24) is 4.90 Å². The summed E-state index contributed by atoms with van der Waals surface area (Å²) < 4.78 is 4.94. The van der Waals surface area contributed by atoms with Crippen LogP contribution in [0.2, 0.25) is 0 Å². The molecule has 16 heavy (non-hydrogen) atoms. The molecule has 4 nitrogen and oxygen atoms in total. The molecule has 0 aromatic heterocycles. The fourth-order valence-electron chi connectivity index (χ4n) is 1.91. The van der Waals surface area contributed by atoms with Gasteiger partial charge in [-0.05, 0) is 26.2 Å². The quantitative estimate of drug-likeness (QED) is 0.560. The van der Waals surface area contributed by atoms with Crippen LogP contribution in [0.25, 0.3) is 0 Å². The first-order valence-corrected chi connectivity index (χ1v) is 5.84. The smallest absolute Gasteiger partial charge is 0.239 e. The highest BCUT2D eigenvalue weighted by Crippen LogP contribution is 2.11. The molecule has 0 aromatic carbocycles. The minimum Gasteiger partial charge on any atom is -0.385 e. The summed E-state index contributed by atoms with van der Waals surface area (Å²) in [6, 6.07) is -0.374. The summed E-state index contributed by atoms with van der Waals surface area (Å²) in [6.45, 7) is 4.25. The summed E-state index contributed by atoms with van der Waals surface area (Å²) in [6.07, 6.45) is 4.67. The van der Waals surface area contributed by atoms with Crippen LogP contribution >= 0.6 is 0 Å². The Labute approximate surface area is 97.4 Å². The number of rotatable bonds is 5. The van der Waals surface area contributed by atoms with Crippen LogP contribution < -0.4 is 5.73 Å². The van der Waals surface area contributed by atoms with Gasteiger partial charge in [-0.2, -0.15) is 0 Å². The van der Waals surface area contributed by atoms with Crippen molar-refractivity contribution in [3.05, 3.63) is 11.6 Å². The molecular formula is C12H22N2O2. The van der Waals surface area contributed by atoms with Crippen LogP contribution in [0.3, 0.4) is 0 Å². The van der Waals surface area contributed by atoms with Gasteiger partial charge in [-0.25, -0.2) is 0 Å². The number of hydrogen-bond acceptors (Lipinski definition) is 3. The summed E-state index contributed by atoms with van der Waals surface area (Å²) in [4.78, 5) is 13.8. The van der Waals surface area contributed by atoms with Crippen molar-refractivity contribution >= 4 is 5.91 Å². The molecule has 0 saturated carbocycles. The minimum absolute atomic E-state index is 0.0727. The highest BCUT2D eigenvalue weighted by molar-refractivity contribution is 5.82. The molecule has 1 atom stereocenters. The van der Waals surface area contributed by atoms with Gasteiger partial charge in [0.2, 0.25) is 5.91 Å². The van der Waals surface area contributed by atoms with Crippen LogP contribution in [-0.2, 0) is 9.53 Å². The second-order valence-corrected chi connectivity index (χ2v) is 4.34. The van der Waals surface area contributed by atoms with E-state index >= 15 is 0 Å². The lowest BCUT2D eigenvalue weighted by molar-refractivity contribution is -0.132. The van der Waals surface area contributed by atoms with Crippen molar-refractivity contribution in [1.29, 1.82) is 0 Å². The van der Waals surface area contributed by atoms with E-state index in [1.165, 1.54) is 5.57 Å². The first-order valence-electron chi connectivity index (χ1n) is 5.84. The van der Waals surface area contributed by atoms with Crippen molar-refractivity contribution in [2.45, 2.75) is 32.2 Å². The zero-order valence-electron chi connectivity index (χ0n) is 10.2. The van der Waals surface area contributed by atoms with Gasteiger partial charge in [-0.1, -0.05) is 11.6 Å². The van der Waals surface area contributed by atoms with Crippen molar-refractivity contribution < 1.29 is 9.53 Å². The molecule has 0 bridgehead atoms. The van der Waals surface area contributed by atoms with Gasteiger partial charge in [0.25, 0.3) is 0 Å².